The van der Waals surface area contributed by atoms with Gasteiger partial charge in [-0.2, -0.15) is 0 Å². The summed E-state index contributed by atoms with van der Waals surface area (Å²) in [6.45, 7) is 5.44. The van der Waals surface area contributed by atoms with Gasteiger partial charge < -0.3 is 14.1 Å². The van der Waals surface area contributed by atoms with E-state index in [9.17, 15) is 4.79 Å². The second-order valence-corrected chi connectivity index (χ2v) is 8.02. The van der Waals surface area contributed by atoms with Crippen molar-refractivity contribution in [3.8, 4) is 5.75 Å². The first kappa shape index (κ1) is 20.2. The summed E-state index contributed by atoms with van der Waals surface area (Å²) < 4.78 is 11.9. The van der Waals surface area contributed by atoms with Gasteiger partial charge in [-0.25, -0.2) is 4.98 Å². The summed E-state index contributed by atoms with van der Waals surface area (Å²) in [5, 5.41) is 0. The molecule has 2 aromatic carbocycles. The van der Waals surface area contributed by atoms with E-state index in [2.05, 4.69) is 17.1 Å². The zero-order valence-electron chi connectivity index (χ0n) is 17.6. The van der Waals surface area contributed by atoms with Gasteiger partial charge in [-0.3, -0.25) is 4.79 Å². The number of likely N-dealkylation sites (tertiary alicyclic amines) is 1. The minimum absolute atomic E-state index is 0.0124. The average molecular weight is 405 g/mol. The second kappa shape index (κ2) is 9.16. The normalized spacial score (nSPS) is 16.5. The fourth-order valence-electron chi connectivity index (χ4n) is 4.05. The first-order valence-corrected chi connectivity index (χ1v) is 10.6. The van der Waals surface area contributed by atoms with Crippen LogP contribution in [0.2, 0.25) is 0 Å². The van der Waals surface area contributed by atoms with E-state index in [1.165, 1.54) is 5.56 Å². The number of oxazole rings is 1. The molecular weight excluding hydrogens is 376 g/mol. The van der Waals surface area contributed by atoms with Crippen LogP contribution < -0.4 is 4.74 Å². The maximum Gasteiger partial charge on any atom is 0.260 e. The molecule has 1 unspecified atom stereocenters. The summed E-state index contributed by atoms with van der Waals surface area (Å²) in [6.07, 6.45) is 4.46. The maximum atomic E-state index is 12.8. The highest BCUT2D eigenvalue weighted by molar-refractivity contribution is 5.78. The van der Waals surface area contributed by atoms with Gasteiger partial charge in [0, 0.05) is 19.5 Å². The summed E-state index contributed by atoms with van der Waals surface area (Å²) in [6, 6.07) is 16.2. The molecule has 0 bridgehead atoms. The van der Waals surface area contributed by atoms with E-state index in [1.807, 2.05) is 61.3 Å². The number of ether oxygens (including phenoxy) is 1. The Bertz CT molecular complexity index is 976. The van der Waals surface area contributed by atoms with Crippen LogP contribution in [0.15, 0.2) is 59.1 Å². The van der Waals surface area contributed by atoms with Crippen LogP contribution in [-0.4, -0.2) is 35.5 Å². The first-order chi connectivity index (χ1) is 14.6. The number of nitrogens with zero attached hydrogens (tertiary/aromatic N) is 2. The van der Waals surface area contributed by atoms with Gasteiger partial charge in [0.1, 0.15) is 11.5 Å². The monoisotopic (exact) mass is 404 g/mol. The average Bonchev–Trinajstić information content (AvgIpc) is 3.22. The fraction of sp³-hybridized carbons (Fsp3) is 0.360. The first-order valence-electron chi connectivity index (χ1n) is 10.6. The van der Waals surface area contributed by atoms with Gasteiger partial charge >= 0.3 is 0 Å². The number of hydrogen-bond donors (Lipinski definition) is 0. The standard InChI is InChI=1S/C25H28N2O3/c1-18-8-6-9-19(2)24(18)29-17-23(28)27-13-7-12-21(16-27)25-26-15-22(30-25)14-20-10-4-3-5-11-20/h3-6,8-11,15,21H,7,12-14,16-17H2,1-2H3. The molecule has 5 nitrogen and oxygen atoms in total. The van der Waals surface area contributed by atoms with Crippen LogP contribution in [0.25, 0.3) is 0 Å². The SMILES string of the molecule is Cc1cccc(C)c1OCC(=O)N1CCCC(c2ncc(Cc3ccccc3)o2)C1. The predicted octanol–water partition coefficient (Wildman–Crippen LogP) is 4.67. The van der Waals surface area contributed by atoms with Crippen molar-refractivity contribution >= 4 is 5.91 Å². The zero-order chi connectivity index (χ0) is 20.9. The van der Waals surface area contributed by atoms with Gasteiger partial charge in [-0.1, -0.05) is 48.5 Å². The number of rotatable bonds is 6. The van der Waals surface area contributed by atoms with Crippen molar-refractivity contribution in [3.05, 3.63) is 83.1 Å². The van der Waals surface area contributed by atoms with E-state index < -0.39 is 0 Å². The lowest BCUT2D eigenvalue weighted by molar-refractivity contribution is -0.134. The van der Waals surface area contributed by atoms with Crippen LogP contribution in [0, 0.1) is 13.8 Å². The van der Waals surface area contributed by atoms with Gasteiger partial charge in [-0.05, 0) is 43.4 Å². The Hall–Kier alpha value is -3.08. The zero-order valence-corrected chi connectivity index (χ0v) is 17.6. The van der Waals surface area contributed by atoms with E-state index in [-0.39, 0.29) is 18.4 Å². The Morgan fingerprint density at radius 3 is 2.67 bits per heavy atom. The molecule has 1 aliphatic rings. The van der Waals surface area contributed by atoms with Crippen LogP contribution in [0.3, 0.4) is 0 Å². The Kier molecular flexibility index (Phi) is 6.17. The summed E-state index contributed by atoms with van der Waals surface area (Å²) in [5.41, 5.74) is 3.29. The number of piperidine rings is 1. The quantitative estimate of drug-likeness (QED) is 0.599. The largest absolute Gasteiger partial charge is 0.483 e. The van der Waals surface area contributed by atoms with E-state index in [0.29, 0.717) is 6.54 Å². The molecule has 1 saturated heterocycles. The van der Waals surface area contributed by atoms with Crippen LogP contribution in [0.4, 0.5) is 0 Å². The molecule has 2 heterocycles. The van der Waals surface area contributed by atoms with Crippen molar-refractivity contribution in [2.45, 2.75) is 39.0 Å². The molecule has 0 aliphatic carbocycles. The number of carbonyl (C=O) groups is 1. The minimum Gasteiger partial charge on any atom is -0.483 e. The van der Waals surface area contributed by atoms with Gasteiger partial charge in [-0.15, -0.1) is 0 Å². The third kappa shape index (κ3) is 4.73. The summed E-state index contributed by atoms with van der Waals surface area (Å²) in [5.74, 6) is 2.54. The fourth-order valence-corrected chi connectivity index (χ4v) is 4.05. The number of amides is 1. The Morgan fingerprint density at radius 1 is 1.13 bits per heavy atom. The van der Waals surface area contributed by atoms with Crippen LogP contribution in [0.1, 0.15) is 47.1 Å². The molecule has 1 fully saturated rings. The highest BCUT2D eigenvalue weighted by atomic mass is 16.5. The van der Waals surface area contributed by atoms with E-state index in [4.69, 9.17) is 9.15 Å². The van der Waals surface area contributed by atoms with Crippen molar-refractivity contribution < 1.29 is 13.9 Å². The van der Waals surface area contributed by atoms with Crippen molar-refractivity contribution in [2.75, 3.05) is 19.7 Å². The Balaban J connectivity index is 1.35. The summed E-state index contributed by atoms with van der Waals surface area (Å²) in [7, 11) is 0. The highest BCUT2D eigenvalue weighted by Gasteiger charge is 2.28. The molecule has 3 aromatic rings. The van der Waals surface area contributed by atoms with E-state index in [0.717, 1.165) is 54.3 Å². The molecule has 30 heavy (non-hydrogen) atoms. The third-order valence-electron chi connectivity index (χ3n) is 5.66. The molecule has 0 N–H and O–H groups in total. The topological polar surface area (TPSA) is 55.6 Å². The molecule has 1 atom stereocenters. The Morgan fingerprint density at radius 2 is 1.90 bits per heavy atom. The van der Waals surface area contributed by atoms with E-state index >= 15 is 0 Å². The van der Waals surface area contributed by atoms with Gasteiger partial charge in [0.25, 0.3) is 5.91 Å². The van der Waals surface area contributed by atoms with Crippen LogP contribution in [-0.2, 0) is 11.2 Å². The molecule has 1 aromatic heterocycles. The molecule has 1 aliphatic heterocycles. The molecule has 1 amide bonds. The molecule has 0 radical (unpaired) electrons. The summed E-state index contributed by atoms with van der Waals surface area (Å²) >= 11 is 0. The predicted molar refractivity (Wildman–Crippen MR) is 116 cm³/mol. The maximum absolute atomic E-state index is 12.8. The van der Waals surface area contributed by atoms with Crippen LogP contribution >= 0.6 is 0 Å². The molecule has 5 heteroatoms. The number of aromatic nitrogens is 1. The molecule has 4 rings (SSSR count). The number of benzene rings is 2. The summed E-state index contributed by atoms with van der Waals surface area (Å²) in [4.78, 5) is 19.2. The smallest absolute Gasteiger partial charge is 0.260 e. The Labute approximate surface area is 177 Å². The van der Waals surface area contributed by atoms with Crippen molar-refractivity contribution in [2.24, 2.45) is 0 Å². The van der Waals surface area contributed by atoms with Crippen molar-refractivity contribution in [1.82, 2.24) is 9.88 Å². The lowest BCUT2D eigenvalue weighted by Gasteiger charge is -2.31. The van der Waals surface area contributed by atoms with E-state index in [1.54, 1.807) is 0 Å². The minimum atomic E-state index is 0.0124. The molecular formula is C25H28N2O3. The highest BCUT2D eigenvalue weighted by Crippen LogP contribution is 2.28. The van der Waals surface area contributed by atoms with Gasteiger partial charge in [0.2, 0.25) is 0 Å². The number of para-hydroxylation sites is 1. The molecule has 0 spiro atoms. The van der Waals surface area contributed by atoms with Gasteiger partial charge in [0.15, 0.2) is 12.5 Å². The second-order valence-electron chi connectivity index (χ2n) is 8.02. The van der Waals surface area contributed by atoms with Crippen molar-refractivity contribution in [3.63, 3.8) is 0 Å². The molecule has 0 saturated carbocycles. The van der Waals surface area contributed by atoms with Gasteiger partial charge in [0.05, 0.1) is 12.1 Å². The lowest BCUT2D eigenvalue weighted by Crippen LogP contribution is -2.41. The molecule has 156 valence electrons. The third-order valence-corrected chi connectivity index (χ3v) is 5.66. The number of carbonyl (C=O) groups excluding carboxylic acids is 1. The van der Waals surface area contributed by atoms with Crippen LogP contribution in [0.5, 0.6) is 5.75 Å². The number of hydrogen-bond acceptors (Lipinski definition) is 4. The van der Waals surface area contributed by atoms with Crippen molar-refractivity contribution in [1.29, 1.82) is 0 Å². The number of aryl methyl sites for hydroxylation is 2. The lowest BCUT2D eigenvalue weighted by atomic mass is 9.98.